The Hall–Kier alpha value is -2.40. The summed E-state index contributed by atoms with van der Waals surface area (Å²) in [7, 11) is 5.46. The van der Waals surface area contributed by atoms with E-state index in [-0.39, 0.29) is 5.91 Å². The van der Waals surface area contributed by atoms with E-state index in [2.05, 4.69) is 4.99 Å². The van der Waals surface area contributed by atoms with Gasteiger partial charge in [-0.15, -0.1) is 0 Å². The van der Waals surface area contributed by atoms with Gasteiger partial charge in [0.05, 0.1) is 16.4 Å². The topological polar surface area (TPSA) is 35.9 Å². The molecule has 26 heavy (non-hydrogen) atoms. The van der Waals surface area contributed by atoms with E-state index < -0.39 is 11.4 Å². The van der Waals surface area contributed by atoms with Crippen molar-refractivity contribution >= 4 is 34.6 Å². The SMILES string of the molecule is CN(C)c1cc(Cl)c2c(c1)C(c1ccccc1F)=NC(C)(C)C(=O)N2C. The van der Waals surface area contributed by atoms with Gasteiger partial charge in [0.1, 0.15) is 11.4 Å². The van der Waals surface area contributed by atoms with E-state index in [4.69, 9.17) is 11.6 Å². The summed E-state index contributed by atoms with van der Waals surface area (Å²) < 4.78 is 14.6. The number of fused-ring (bicyclic) bond motifs is 1. The monoisotopic (exact) mass is 373 g/mol. The van der Waals surface area contributed by atoms with Crippen LogP contribution in [0.5, 0.6) is 0 Å². The average Bonchev–Trinajstić information content (AvgIpc) is 2.64. The lowest BCUT2D eigenvalue weighted by atomic mass is 9.98. The highest BCUT2D eigenvalue weighted by Gasteiger charge is 2.37. The molecule has 136 valence electrons. The Bertz CT molecular complexity index is 921. The molecule has 0 radical (unpaired) electrons. The molecule has 0 N–H and O–H groups in total. The van der Waals surface area contributed by atoms with Crippen molar-refractivity contribution in [2.45, 2.75) is 19.4 Å². The fourth-order valence-corrected chi connectivity index (χ4v) is 3.46. The molecule has 1 heterocycles. The fourth-order valence-electron chi connectivity index (χ4n) is 3.12. The Morgan fingerprint density at radius 2 is 1.81 bits per heavy atom. The second-order valence-corrected chi connectivity index (χ2v) is 7.49. The Kier molecular flexibility index (Phi) is 4.53. The largest absolute Gasteiger partial charge is 0.378 e. The van der Waals surface area contributed by atoms with E-state index in [9.17, 15) is 9.18 Å². The maximum atomic E-state index is 14.6. The van der Waals surface area contributed by atoms with Crippen molar-refractivity contribution in [1.29, 1.82) is 0 Å². The molecule has 1 amide bonds. The number of amides is 1. The summed E-state index contributed by atoms with van der Waals surface area (Å²) in [6, 6.07) is 10.1. The van der Waals surface area contributed by atoms with Gasteiger partial charge in [-0.25, -0.2) is 4.39 Å². The van der Waals surface area contributed by atoms with E-state index in [1.165, 1.54) is 11.0 Å². The average molecular weight is 374 g/mol. The van der Waals surface area contributed by atoms with Crippen LogP contribution >= 0.6 is 11.6 Å². The van der Waals surface area contributed by atoms with Gasteiger partial charge in [0.2, 0.25) is 0 Å². The van der Waals surface area contributed by atoms with Crippen LogP contribution in [0.25, 0.3) is 0 Å². The summed E-state index contributed by atoms with van der Waals surface area (Å²) in [6.45, 7) is 3.44. The van der Waals surface area contributed by atoms with Crippen molar-refractivity contribution in [1.82, 2.24) is 0 Å². The van der Waals surface area contributed by atoms with Crippen LogP contribution in [-0.4, -0.2) is 38.3 Å². The molecular formula is C20H21ClFN3O. The fraction of sp³-hybridized carbons (Fsp3) is 0.300. The highest BCUT2D eigenvalue weighted by atomic mass is 35.5. The predicted molar refractivity (Wildman–Crippen MR) is 105 cm³/mol. The van der Waals surface area contributed by atoms with Gasteiger partial charge in [0, 0.05) is 38.0 Å². The number of benzene rings is 2. The van der Waals surface area contributed by atoms with Gasteiger partial charge in [0.15, 0.2) is 0 Å². The molecule has 1 aliphatic rings. The highest BCUT2D eigenvalue weighted by molar-refractivity contribution is 6.36. The molecular weight excluding hydrogens is 353 g/mol. The maximum absolute atomic E-state index is 14.6. The number of rotatable bonds is 2. The molecule has 0 saturated heterocycles. The molecule has 0 atom stereocenters. The molecule has 0 saturated carbocycles. The number of anilines is 2. The molecule has 2 aromatic rings. The Morgan fingerprint density at radius 1 is 1.15 bits per heavy atom. The first-order chi connectivity index (χ1) is 12.1. The third kappa shape index (κ3) is 2.97. The van der Waals surface area contributed by atoms with Crippen molar-refractivity contribution in [2.75, 3.05) is 30.9 Å². The zero-order valence-corrected chi connectivity index (χ0v) is 16.2. The number of benzodiazepines with no additional fused rings is 1. The number of hydrogen-bond acceptors (Lipinski definition) is 3. The number of likely N-dealkylation sites (N-methyl/N-ethyl adjacent to an activating group) is 1. The maximum Gasteiger partial charge on any atom is 0.254 e. The normalized spacial score (nSPS) is 16.0. The Balaban J connectivity index is 2.41. The molecule has 3 rings (SSSR count). The van der Waals surface area contributed by atoms with Crippen LogP contribution in [-0.2, 0) is 4.79 Å². The third-order valence-electron chi connectivity index (χ3n) is 4.50. The Labute approximate surface area is 157 Å². The van der Waals surface area contributed by atoms with Crippen LogP contribution in [0.4, 0.5) is 15.8 Å². The first kappa shape index (κ1) is 18.4. The smallest absolute Gasteiger partial charge is 0.254 e. The van der Waals surface area contributed by atoms with Gasteiger partial charge in [-0.2, -0.15) is 0 Å². The lowest BCUT2D eigenvalue weighted by Gasteiger charge is -2.25. The van der Waals surface area contributed by atoms with E-state index in [0.717, 1.165) is 5.69 Å². The number of aliphatic imine (C=N–C) groups is 1. The highest BCUT2D eigenvalue weighted by Crippen LogP contribution is 2.39. The summed E-state index contributed by atoms with van der Waals surface area (Å²) in [5.41, 5.74) is 1.73. The van der Waals surface area contributed by atoms with E-state index >= 15 is 0 Å². The standard InChI is InChI=1S/C20H21ClFN3O/c1-20(2)19(26)25(5)18-14(10-12(24(3)4)11-15(18)21)17(23-20)13-8-6-7-9-16(13)22/h6-11H,1-5H3. The number of carbonyl (C=O) groups excluding carboxylic acids is 1. The van der Waals surface area contributed by atoms with Gasteiger partial charge < -0.3 is 9.80 Å². The van der Waals surface area contributed by atoms with Crippen molar-refractivity contribution in [3.63, 3.8) is 0 Å². The second-order valence-electron chi connectivity index (χ2n) is 7.08. The molecule has 0 aliphatic carbocycles. The first-order valence-corrected chi connectivity index (χ1v) is 8.65. The minimum atomic E-state index is -1.05. The second kappa shape index (κ2) is 6.40. The van der Waals surface area contributed by atoms with E-state index in [0.29, 0.717) is 27.5 Å². The van der Waals surface area contributed by atoms with Crippen molar-refractivity contribution in [3.05, 3.63) is 58.4 Å². The number of nitrogens with zero attached hydrogens (tertiary/aromatic N) is 3. The predicted octanol–water partition coefficient (Wildman–Crippen LogP) is 4.14. The molecule has 0 unspecified atom stereocenters. The van der Waals surface area contributed by atoms with Crippen molar-refractivity contribution in [2.24, 2.45) is 4.99 Å². The third-order valence-corrected chi connectivity index (χ3v) is 4.79. The van der Waals surface area contributed by atoms with E-state index in [1.54, 1.807) is 45.2 Å². The van der Waals surface area contributed by atoms with Gasteiger partial charge >= 0.3 is 0 Å². The molecule has 0 bridgehead atoms. The van der Waals surface area contributed by atoms with E-state index in [1.807, 2.05) is 25.1 Å². The number of halogens is 2. The summed E-state index contributed by atoms with van der Waals surface area (Å²) in [5, 5.41) is 0.420. The van der Waals surface area contributed by atoms with Crippen LogP contribution in [0.2, 0.25) is 5.02 Å². The summed E-state index contributed by atoms with van der Waals surface area (Å²) in [6.07, 6.45) is 0. The molecule has 0 aromatic heterocycles. The first-order valence-electron chi connectivity index (χ1n) is 8.27. The zero-order valence-electron chi connectivity index (χ0n) is 15.5. The van der Waals surface area contributed by atoms with Crippen LogP contribution in [0.1, 0.15) is 25.0 Å². The van der Waals surface area contributed by atoms with Crippen molar-refractivity contribution < 1.29 is 9.18 Å². The molecule has 6 heteroatoms. The molecule has 0 fully saturated rings. The molecule has 0 spiro atoms. The summed E-state index contributed by atoms with van der Waals surface area (Å²) in [4.78, 5) is 21.0. The minimum Gasteiger partial charge on any atom is -0.378 e. The number of hydrogen-bond donors (Lipinski definition) is 0. The Morgan fingerprint density at radius 3 is 2.42 bits per heavy atom. The summed E-state index contributed by atoms with van der Waals surface area (Å²) >= 11 is 6.54. The quantitative estimate of drug-likeness (QED) is 0.793. The lowest BCUT2D eigenvalue weighted by Crippen LogP contribution is -2.41. The summed E-state index contributed by atoms with van der Waals surface area (Å²) in [5.74, 6) is -0.596. The number of carbonyl (C=O) groups is 1. The van der Waals surface area contributed by atoms with Crippen molar-refractivity contribution in [3.8, 4) is 0 Å². The van der Waals surface area contributed by atoms with Crippen LogP contribution in [0.15, 0.2) is 41.4 Å². The zero-order chi connectivity index (χ0) is 19.2. The molecule has 2 aromatic carbocycles. The molecule has 4 nitrogen and oxygen atoms in total. The van der Waals surface area contributed by atoms with Crippen LogP contribution in [0, 0.1) is 5.82 Å². The molecule has 1 aliphatic heterocycles. The van der Waals surface area contributed by atoms with Crippen LogP contribution < -0.4 is 9.80 Å². The van der Waals surface area contributed by atoms with Gasteiger partial charge in [-0.3, -0.25) is 9.79 Å². The minimum absolute atomic E-state index is 0.204. The van der Waals surface area contributed by atoms with Gasteiger partial charge in [-0.1, -0.05) is 23.7 Å². The van der Waals surface area contributed by atoms with Gasteiger partial charge in [0.25, 0.3) is 5.91 Å². The van der Waals surface area contributed by atoms with Crippen LogP contribution in [0.3, 0.4) is 0 Å². The van der Waals surface area contributed by atoms with Gasteiger partial charge in [-0.05, 0) is 38.1 Å². The lowest BCUT2D eigenvalue weighted by molar-refractivity contribution is -0.122.